The highest BCUT2D eigenvalue weighted by Gasteiger charge is 2.22. The number of phenolic OH excluding ortho intramolecular Hbond substituents is 1. The highest BCUT2D eigenvalue weighted by atomic mass is 16.5. The van der Waals surface area contributed by atoms with E-state index in [9.17, 15) is 14.7 Å². The van der Waals surface area contributed by atoms with Gasteiger partial charge in [-0.2, -0.15) is 20.4 Å². The Balaban J connectivity index is 2.07. The molecule has 3 aromatic rings. The Morgan fingerprint density at radius 2 is 0.855 bits per heavy atom. The molecule has 19 N–H and O–H groups in total. The maximum absolute atomic E-state index is 13.8. The van der Waals surface area contributed by atoms with E-state index in [4.69, 9.17) is 49.3 Å². The predicted octanol–water partition coefficient (Wildman–Crippen LogP) is 0.734. The van der Waals surface area contributed by atoms with Gasteiger partial charge in [0, 0.05) is 39.7 Å². The Bertz CT molecular complexity index is 2070. The third-order valence-corrected chi connectivity index (χ3v) is 7.24. The number of carbonyl (C=O) groups is 2. The molecule has 22 nitrogen and oxygen atoms in total. The molecular formula is C33H42N18O4. The molecule has 2 amide bonds. The summed E-state index contributed by atoms with van der Waals surface area (Å²) in [5, 5.41) is 62.2. The fourth-order valence-corrected chi connectivity index (χ4v) is 4.56. The summed E-state index contributed by atoms with van der Waals surface area (Å²) in [6, 6.07) is 12.0. The molecular weight excluding hydrogens is 712 g/mol. The van der Waals surface area contributed by atoms with Crippen molar-refractivity contribution >= 4 is 69.9 Å². The van der Waals surface area contributed by atoms with Gasteiger partial charge >= 0.3 is 0 Å². The van der Waals surface area contributed by atoms with E-state index in [1.807, 2.05) is 0 Å². The van der Waals surface area contributed by atoms with Gasteiger partial charge in [0.2, 0.25) is 23.8 Å². The molecule has 0 saturated carbocycles. The van der Waals surface area contributed by atoms with E-state index in [2.05, 4.69) is 52.7 Å². The summed E-state index contributed by atoms with van der Waals surface area (Å²) in [7, 11) is 1.29. The molecule has 0 aliphatic heterocycles. The zero-order chi connectivity index (χ0) is 41.0. The van der Waals surface area contributed by atoms with E-state index in [1.165, 1.54) is 7.11 Å². The van der Waals surface area contributed by atoms with Crippen LogP contribution in [-0.2, 0) is 0 Å². The number of rotatable bonds is 13. The van der Waals surface area contributed by atoms with Crippen LogP contribution in [0.5, 0.6) is 11.5 Å². The number of hydrogen-bond acceptors (Lipinski definition) is 12. The van der Waals surface area contributed by atoms with Gasteiger partial charge in [-0.3, -0.25) is 31.2 Å². The highest BCUT2D eigenvalue weighted by Crippen LogP contribution is 2.30. The lowest BCUT2D eigenvalue weighted by atomic mass is 10.0. The lowest BCUT2D eigenvalue weighted by molar-refractivity contribution is 0.102. The van der Waals surface area contributed by atoms with Gasteiger partial charge < -0.3 is 43.4 Å². The van der Waals surface area contributed by atoms with Crippen LogP contribution in [0.3, 0.4) is 0 Å². The first-order valence-electron chi connectivity index (χ1n) is 15.8. The van der Waals surface area contributed by atoms with E-state index < -0.39 is 41.4 Å². The Morgan fingerprint density at radius 1 is 0.545 bits per heavy atom. The SMILES string of the molecule is COc1cc(O)c(C(=O)Nc2cc(/C(C)=N/NC(=N)N)cc(/C(C)=N/NC(=N)N)c2)cc1C(=O)Nc1cc(/C(C)=N/NC(=N)N)cc(/C(C)=N/NC(=N)N)c1. The second kappa shape index (κ2) is 18.5. The molecule has 0 aliphatic rings. The summed E-state index contributed by atoms with van der Waals surface area (Å²) in [4.78, 5) is 27.5. The van der Waals surface area contributed by atoms with Crippen LogP contribution >= 0.6 is 0 Å². The summed E-state index contributed by atoms with van der Waals surface area (Å²) in [6.07, 6.45) is 0. The topological polar surface area (TPSA) is 385 Å². The van der Waals surface area contributed by atoms with Crippen LogP contribution in [0, 0.1) is 21.6 Å². The fraction of sp³-hybridized carbons (Fsp3) is 0.152. The van der Waals surface area contributed by atoms with Crippen molar-refractivity contribution in [2.45, 2.75) is 27.7 Å². The van der Waals surface area contributed by atoms with Crippen LogP contribution in [-0.4, -0.2) is 70.7 Å². The first-order chi connectivity index (χ1) is 25.9. The average Bonchev–Trinajstić information content (AvgIpc) is 3.13. The lowest BCUT2D eigenvalue weighted by Gasteiger charge is -2.15. The van der Waals surface area contributed by atoms with Crippen molar-refractivity contribution in [3.8, 4) is 11.5 Å². The number of hydrazone groups is 4. The van der Waals surface area contributed by atoms with Crippen molar-refractivity contribution < 1.29 is 19.4 Å². The van der Waals surface area contributed by atoms with Crippen LogP contribution in [0.2, 0.25) is 0 Å². The maximum atomic E-state index is 13.8. The van der Waals surface area contributed by atoms with E-state index in [-0.39, 0.29) is 28.3 Å². The number of carbonyl (C=O) groups excluding carboxylic acids is 2. The number of hydrogen-bond donors (Lipinski definition) is 15. The van der Waals surface area contributed by atoms with Gasteiger partial charge in [0.15, 0.2) is 0 Å². The smallest absolute Gasteiger partial charge is 0.259 e. The van der Waals surface area contributed by atoms with Gasteiger partial charge in [-0.1, -0.05) is 0 Å². The van der Waals surface area contributed by atoms with Crippen LogP contribution in [0.4, 0.5) is 11.4 Å². The largest absolute Gasteiger partial charge is 0.507 e. The zero-order valence-corrected chi connectivity index (χ0v) is 30.4. The number of phenols is 1. The van der Waals surface area contributed by atoms with Crippen molar-refractivity contribution in [3.05, 3.63) is 81.9 Å². The molecule has 0 fully saturated rings. The molecule has 22 heteroatoms. The molecule has 3 rings (SSSR count). The lowest BCUT2D eigenvalue weighted by Crippen LogP contribution is -2.27. The van der Waals surface area contributed by atoms with Crippen molar-refractivity contribution in [3.63, 3.8) is 0 Å². The second-order valence-electron chi connectivity index (χ2n) is 11.5. The number of nitrogens with zero attached hydrogens (tertiary/aromatic N) is 4. The standard InChI is InChI=1S/C33H42N18O4/c1-14(44-48-30(34)35)18-6-19(15(2)45-49-31(36)37)9-22(8-18)42-28(53)24-12-25(27(55-5)13-26(24)52)29(54)43-23-10-20(16(3)46-50-32(38)39)7-21(11-23)17(4)47-51-33(40)41/h6-13,52H,1-5H3,(H,42,53)(H,43,54)(H4,34,35,48)(H4,36,37,49)(H4,38,39,50)(H4,40,41,51)/b44-14+,45-15+,46-16+,47-17+. The molecule has 288 valence electrons. The third-order valence-electron chi connectivity index (χ3n) is 7.24. The Hall–Kier alpha value is -8.04. The minimum atomic E-state index is -0.802. The number of benzene rings is 3. The quantitative estimate of drug-likeness (QED) is 0.0652. The highest BCUT2D eigenvalue weighted by molar-refractivity contribution is 6.13. The van der Waals surface area contributed by atoms with Crippen LogP contribution in [0.1, 0.15) is 70.7 Å². The Morgan fingerprint density at radius 3 is 1.15 bits per heavy atom. The van der Waals surface area contributed by atoms with E-state index in [0.717, 1.165) is 12.1 Å². The van der Waals surface area contributed by atoms with Crippen LogP contribution in [0.15, 0.2) is 68.9 Å². The van der Waals surface area contributed by atoms with Gasteiger partial charge in [0.05, 0.1) is 41.1 Å². The van der Waals surface area contributed by atoms with E-state index in [1.54, 1.807) is 64.1 Å². The summed E-state index contributed by atoms with van der Waals surface area (Å²) >= 11 is 0. The van der Waals surface area contributed by atoms with Crippen molar-refractivity contribution in [2.24, 2.45) is 43.3 Å². The molecule has 0 aliphatic carbocycles. The molecule has 0 aromatic heterocycles. The summed E-state index contributed by atoms with van der Waals surface area (Å²) in [5.41, 5.74) is 34.5. The predicted molar refractivity (Wildman–Crippen MR) is 212 cm³/mol. The van der Waals surface area contributed by atoms with Gasteiger partial charge in [-0.05, 0) is 70.2 Å². The number of anilines is 2. The number of guanidine groups is 4. The van der Waals surface area contributed by atoms with Gasteiger partial charge in [0.25, 0.3) is 11.8 Å². The summed E-state index contributed by atoms with van der Waals surface area (Å²) in [5.74, 6) is -3.64. The van der Waals surface area contributed by atoms with E-state index in [0.29, 0.717) is 45.1 Å². The van der Waals surface area contributed by atoms with Gasteiger partial charge in [-0.25, -0.2) is 21.7 Å². The minimum Gasteiger partial charge on any atom is -0.507 e. The Kier molecular flexibility index (Phi) is 13.9. The molecule has 0 heterocycles. The molecule has 0 bridgehead atoms. The van der Waals surface area contributed by atoms with E-state index >= 15 is 0 Å². The monoisotopic (exact) mass is 754 g/mol. The summed E-state index contributed by atoms with van der Waals surface area (Å²) in [6.45, 7) is 6.55. The van der Waals surface area contributed by atoms with Crippen molar-refractivity contribution in [1.29, 1.82) is 21.6 Å². The number of amides is 2. The van der Waals surface area contributed by atoms with Crippen LogP contribution in [0.25, 0.3) is 0 Å². The number of nitrogens with two attached hydrogens (primary N) is 4. The number of methoxy groups -OCH3 is 1. The van der Waals surface area contributed by atoms with Crippen molar-refractivity contribution in [2.75, 3.05) is 17.7 Å². The second-order valence-corrected chi connectivity index (χ2v) is 11.5. The van der Waals surface area contributed by atoms with Crippen LogP contribution < -0.4 is 60.0 Å². The maximum Gasteiger partial charge on any atom is 0.259 e. The van der Waals surface area contributed by atoms with Gasteiger partial charge in [-0.15, -0.1) is 0 Å². The zero-order valence-electron chi connectivity index (χ0n) is 30.4. The molecule has 0 unspecified atom stereocenters. The normalized spacial score (nSPS) is 11.9. The third kappa shape index (κ3) is 12.0. The number of nitrogens with one attached hydrogen (secondary N) is 10. The molecule has 0 radical (unpaired) electrons. The average molecular weight is 755 g/mol. The number of aromatic hydroxyl groups is 1. The van der Waals surface area contributed by atoms with Gasteiger partial charge in [0.1, 0.15) is 11.5 Å². The number of ether oxygens (including phenoxy) is 1. The minimum absolute atomic E-state index is 0.0476. The molecule has 0 saturated heterocycles. The summed E-state index contributed by atoms with van der Waals surface area (Å²) < 4.78 is 5.38. The molecule has 0 spiro atoms. The first-order valence-corrected chi connectivity index (χ1v) is 15.8. The molecule has 55 heavy (non-hydrogen) atoms. The Labute approximate surface area is 314 Å². The van der Waals surface area contributed by atoms with Crippen molar-refractivity contribution in [1.82, 2.24) is 21.7 Å². The molecule has 3 aromatic carbocycles. The molecule has 0 atom stereocenters. The first kappa shape index (κ1) is 41.4. The fourth-order valence-electron chi connectivity index (χ4n) is 4.56.